The molecule has 0 spiro atoms. The van der Waals surface area contributed by atoms with Crippen molar-refractivity contribution in [3.8, 4) is 0 Å². The summed E-state index contributed by atoms with van der Waals surface area (Å²) in [5, 5.41) is 0. The van der Waals surface area contributed by atoms with Crippen LogP contribution in [0.2, 0.25) is 0 Å². The topological polar surface area (TPSA) is 86.5 Å². The van der Waals surface area contributed by atoms with E-state index in [2.05, 4.69) is 9.72 Å². The third-order valence-corrected chi connectivity index (χ3v) is 5.45. The molecule has 0 aliphatic rings. The monoisotopic (exact) mass is 407 g/mol. The number of carbonyl (C=O) groups excluding carboxylic acids is 1. The largest absolute Gasteiger partial charge is 0.465 e. The summed E-state index contributed by atoms with van der Waals surface area (Å²) in [4.78, 5) is 15.2. The van der Waals surface area contributed by atoms with Gasteiger partial charge in [-0.3, -0.25) is 0 Å². The van der Waals surface area contributed by atoms with Crippen molar-refractivity contribution in [2.75, 3.05) is 7.11 Å². The second kappa shape index (κ2) is 5.92. The van der Waals surface area contributed by atoms with Crippen molar-refractivity contribution in [2.24, 2.45) is 0 Å². The van der Waals surface area contributed by atoms with Crippen LogP contribution in [0.3, 0.4) is 0 Å². The number of methoxy groups -OCH3 is 1. The summed E-state index contributed by atoms with van der Waals surface area (Å²) >= 11 is 1.87. The van der Waals surface area contributed by atoms with Crippen LogP contribution in [0.1, 0.15) is 16.1 Å². The lowest BCUT2D eigenvalue weighted by molar-refractivity contribution is 0.0600. The summed E-state index contributed by atoms with van der Waals surface area (Å²) in [6.07, 6.45) is 2.53. The second-order valence-electron chi connectivity index (χ2n) is 3.86. The zero-order chi connectivity index (χ0) is 14.8. The molecule has 0 aliphatic carbocycles. The second-order valence-corrected chi connectivity index (χ2v) is 6.98. The minimum absolute atomic E-state index is 0.141. The molecule has 0 amide bonds. The van der Waals surface area contributed by atoms with Gasteiger partial charge in [0, 0.05) is 3.57 Å². The van der Waals surface area contributed by atoms with Crippen molar-refractivity contribution in [3.63, 3.8) is 0 Å². The van der Waals surface area contributed by atoms with Crippen LogP contribution in [-0.2, 0) is 20.3 Å². The number of hydrogen-bond acceptors (Lipinski definition) is 6. The quantitative estimate of drug-likeness (QED) is 0.570. The molecule has 1 heterocycles. The van der Waals surface area contributed by atoms with E-state index in [1.54, 1.807) is 0 Å². The number of esters is 1. The highest BCUT2D eigenvalue weighted by molar-refractivity contribution is 14.1. The number of aromatic nitrogens is 1. The smallest absolute Gasteiger partial charge is 0.337 e. The van der Waals surface area contributed by atoms with Crippen LogP contribution in [-0.4, -0.2) is 26.5 Å². The van der Waals surface area contributed by atoms with Gasteiger partial charge in [0.05, 0.1) is 23.8 Å². The van der Waals surface area contributed by atoms with Gasteiger partial charge in [-0.1, -0.05) is 0 Å². The average Bonchev–Trinajstić information content (AvgIpc) is 2.89. The number of rotatable bonds is 4. The SMILES string of the molecule is COC(=O)c1ccc(S(=O)(=O)Cc2cnco2)c(I)c1. The minimum atomic E-state index is -3.56. The van der Waals surface area contributed by atoms with Crippen LogP contribution in [0.4, 0.5) is 0 Å². The Balaban J connectivity index is 2.35. The molecule has 0 fully saturated rings. The molecule has 0 bridgehead atoms. The van der Waals surface area contributed by atoms with Crippen LogP contribution < -0.4 is 0 Å². The number of carbonyl (C=O) groups is 1. The highest BCUT2D eigenvalue weighted by Gasteiger charge is 2.21. The van der Waals surface area contributed by atoms with E-state index in [1.807, 2.05) is 22.6 Å². The zero-order valence-corrected chi connectivity index (χ0v) is 13.3. The van der Waals surface area contributed by atoms with E-state index >= 15 is 0 Å². The fourth-order valence-corrected chi connectivity index (χ4v) is 4.40. The predicted molar refractivity (Wildman–Crippen MR) is 77.9 cm³/mol. The van der Waals surface area contributed by atoms with Gasteiger partial charge in [0.1, 0.15) is 11.5 Å². The number of benzene rings is 1. The normalized spacial score (nSPS) is 11.3. The summed E-state index contributed by atoms with van der Waals surface area (Å²) in [6.45, 7) is 0. The lowest BCUT2D eigenvalue weighted by Crippen LogP contribution is -2.08. The number of hydrogen-bond donors (Lipinski definition) is 0. The Kier molecular flexibility index (Phi) is 4.43. The standard InChI is InChI=1S/C12H10INO5S/c1-18-12(15)8-2-3-11(10(13)4-8)20(16,17)6-9-5-14-7-19-9/h2-5,7H,6H2,1H3. The average molecular weight is 407 g/mol. The molecule has 2 aromatic rings. The van der Waals surface area contributed by atoms with Crippen molar-refractivity contribution in [2.45, 2.75) is 10.6 Å². The first-order valence-corrected chi connectivity index (χ1v) is 8.15. The highest BCUT2D eigenvalue weighted by Crippen LogP contribution is 2.23. The minimum Gasteiger partial charge on any atom is -0.465 e. The Hall–Kier alpha value is -1.42. The van der Waals surface area contributed by atoms with E-state index in [0.29, 0.717) is 9.13 Å². The number of ether oxygens (including phenoxy) is 1. The molecule has 1 aromatic carbocycles. The van der Waals surface area contributed by atoms with Crippen molar-refractivity contribution in [1.29, 1.82) is 0 Å². The molecule has 8 heteroatoms. The molecule has 0 aliphatic heterocycles. The molecule has 0 unspecified atom stereocenters. The van der Waals surface area contributed by atoms with E-state index in [0.717, 1.165) is 0 Å². The Morgan fingerprint density at radius 2 is 2.20 bits per heavy atom. The number of oxazole rings is 1. The van der Waals surface area contributed by atoms with Crippen molar-refractivity contribution in [1.82, 2.24) is 4.98 Å². The van der Waals surface area contributed by atoms with Crippen LogP contribution in [0.15, 0.2) is 40.1 Å². The van der Waals surface area contributed by atoms with E-state index in [4.69, 9.17) is 4.42 Å². The summed E-state index contributed by atoms with van der Waals surface area (Å²) < 4.78 is 34.5. The van der Waals surface area contributed by atoms with Crippen LogP contribution in [0.5, 0.6) is 0 Å². The third-order valence-electron chi connectivity index (χ3n) is 2.50. The first-order valence-electron chi connectivity index (χ1n) is 5.42. The van der Waals surface area contributed by atoms with Crippen molar-refractivity contribution >= 4 is 38.4 Å². The fourth-order valence-electron chi connectivity index (χ4n) is 1.58. The van der Waals surface area contributed by atoms with Gasteiger partial charge in [-0.25, -0.2) is 18.2 Å². The Morgan fingerprint density at radius 3 is 2.75 bits per heavy atom. The third kappa shape index (κ3) is 3.18. The Labute approximate surface area is 129 Å². The van der Waals surface area contributed by atoms with Crippen molar-refractivity contribution in [3.05, 3.63) is 45.7 Å². The Morgan fingerprint density at radius 1 is 1.45 bits per heavy atom. The van der Waals surface area contributed by atoms with Gasteiger partial charge < -0.3 is 9.15 Å². The van der Waals surface area contributed by atoms with E-state index in [1.165, 1.54) is 37.9 Å². The van der Waals surface area contributed by atoms with Crippen LogP contribution in [0, 0.1) is 3.57 Å². The first kappa shape index (κ1) is 15.0. The number of nitrogens with zero attached hydrogens (tertiary/aromatic N) is 1. The van der Waals surface area contributed by atoms with Gasteiger partial charge in [0.2, 0.25) is 0 Å². The summed E-state index contributed by atoms with van der Waals surface area (Å²) in [5.41, 5.74) is 0.301. The molecular formula is C12H10INO5S. The van der Waals surface area contributed by atoms with E-state index < -0.39 is 15.8 Å². The summed E-state index contributed by atoms with van der Waals surface area (Å²) in [6, 6.07) is 4.28. The van der Waals surface area contributed by atoms with Crippen molar-refractivity contribution < 1.29 is 22.4 Å². The molecule has 1 aromatic heterocycles. The summed E-state index contributed by atoms with van der Waals surface area (Å²) in [5.74, 6) is -0.527. The maximum Gasteiger partial charge on any atom is 0.337 e. The van der Waals surface area contributed by atoms with Gasteiger partial charge in [-0.15, -0.1) is 0 Å². The van der Waals surface area contributed by atoms with E-state index in [9.17, 15) is 13.2 Å². The molecule has 20 heavy (non-hydrogen) atoms. The molecule has 0 atom stereocenters. The lowest BCUT2D eigenvalue weighted by atomic mass is 10.2. The van der Waals surface area contributed by atoms with Crippen LogP contribution in [0.25, 0.3) is 0 Å². The molecule has 6 nitrogen and oxygen atoms in total. The Bertz CT molecular complexity index is 724. The van der Waals surface area contributed by atoms with Gasteiger partial charge in [0.25, 0.3) is 0 Å². The van der Waals surface area contributed by atoms with E-state index in [-0.39, 0.29) is 16.4 Å². The fraction of sp³-hybridized carbons (Fsp3) is 0.167. The maximum atomic E-state index is 12.3. The molecule has 2 rings (SSSR count). The maximum absolute atomic E-state index is 12.3. The lowest BCUT2D eigenvalue weighted by Gasteiger charge is -2.07. The molecule has 0 saturated heterocycles. The molecule has 0 N–H and O–H groups in total. The molecule has 106 valence electrons. The van der Waals surface area contributed by atoms with Crippen LogP contribution >= 0.6 is 22.6 Å². The van der Waals surface area contributed by atoms with Gasteiger partial charge >= 0.3 is 5.97 Å². The number of sulfone groups is 1. The summed E-state index contributed by atoms with van der Waals surface area (Å²) in [7, 11) is -2.29. The molecule has 0 saturated carbocycles. The predicted octanol–water partition coefficient (Wildman–Crippen LogP) is 2.04. The molecular weight excluding hydrogens is 397 g/mol. The first-order chi connectivity index (χ1) is 9.44. The van der Waals surface area contributed by atoms with Gasteiger partial charge in [0.15, 0.2) is 16.2 Å². The number of halogens is 1. The van der Waals surface area contributed by atoms with Gasteiger partial charge in [-0.05, 0) is 40.8 Å². The van der Waals surface area contributed by atoms with Gasteiger partial charge in [-0.2, -0.15) is 0 Å². The molecule has 0 radical (unpaired) electrons. The highest BCUT2D eigenvalue weighted by atomic mass is 127. The zero-order valence-electron chi connectivity index (χ0n) is 10.4.